The number of nitrogens with zero attached hydrogens (tertiary/aromatic N) is 1. The molecule has 3 N–H and O–H groups in total. The van der Waals surface area contributed by atoms with Crippen LogP contribution < -0.4 is 11.1 Å². The third-order valence-corrected chi connectivity index (χ3v) is 3.44. The van der Waals surface area contributed by atoms with Crippen molar-refractivity contribution in [3.63, 3.8) is 0 Å². The zero-order chi connectivity index (χ0) is 14.1. The summed E-state index contributed by atoms with van der Waals surface area (Å²) in [6, 6.07) is 0.481. The zero-order valence-electron chi connectivity index (χ0n) is 10.8. The molecule has 1 rings (SSSR count). The number of carbonyl (C=O) groups is 1. The molecule has 0 aromatic carbocycles. The fourth-order valence-electron chi connectivity index (χ4n) is 1.54. The highest BCUT2D eigenvalue weighted by atomic mass is 19.4. The van der Waals surface area contributed by atoms with Crippen LogP contribution in [0.4, 0.5) is 13.2 Å². The number of nitrogens with one attached hydrogen (secondary N) is 1. The third kappa shape index (κ3) is 3.35. The summed E-state index contributed by atoms with van der Waals surface area (Å²) >= 11 is 0. The minimum atomic E-state index is -4.75. The number of halogens is 3. The van der Waals surface area contributed by atoms with E-state index in [9.17, 15) is 18.0 Å². The number of hydrogen-bond acceptors (Lipinski definition) is 3. The van der Waals surface area contributed by atoms with E-state index in [2.05, 4.69) is 10.2 Å². The van der Waals surface area contributed by atoms with Gasteiger partial charge in [-0.15, -0.1) is 0 Å². The molecule has 0 aromatic rings. The fourth-order valence-corrected chi connectivity index (χ4v) is 1.54. The quantitative estimate of drug-likeness (QED) is 0.777. The van der Waals surface area contributed by atoms with Gasteiger partial charge in [-0.25, -0.2) is 0 Å². The van der Waals surface area contributed by atoms with Crippen LogP contribution in [0, 0.1) is 0 Å². The second-order valence-corrected chi connectivity index (χ2v) is 5.16. The number of carbonyl (C=O) groups excluding carboxylic acids is 1. The van der Waals surface area contributed by atoms with Crippen LogP contribution in [-0.2, 0) is 4.79 Å². The highest BCUT2D eigenvalue weighted by molar-refractivity contribution is 5.86. The average molecular weight is 267 g/mol. The van der Waals surface area contributed by atoms with Gasteiger partial charge in [-0.3, -0.25) is 9.69 Å². The van der Waals surface area contributed by atoms with Gasteiger partial charge in [-0.05, 0) is 33.7 Å². The minimum Gasteiger partial charge on any atom is -0.353 e. The van der Waals surface area contributed by atoms with Crippen LogP contribution in [0.5, 0.6) is 0 Å². The number of hydrogen-bond donors (Lipinski definition) is 2. The van der Waals surface area contributed by atoms with Crippen molar-refractivity contribution in [1.29, 1.82) is 0 Å². The summed E-state index contributed by atoms with van der Waals surface area (Å²) in [5.41, 5.74) is 2.18. The molecule has 1 fully saturated rings. The molecule has 7 heteroatoms. The Morgan fingerprint density at radius 2 is 2.00 bits per heavy atom. The normalized spacial score (nSPS) is 21.6. The first kappa shape index (κ1) is 15.2. The molecule has 4 nitrogen and oxygen atoms in total. The van der Waals surface area contributed by atoms with Crippen molar-refractivity contribution in [3.05, 3.63) is 0 Å². The van der Waals surface area contributed by atoms with E-state index in [1.165, 1.54) is 0 Å². The average Bonchev–Trinajstić information content (AvgIpc) is 3.06. The molecule has 1 saturated carbocycles. The van der Waals surface area contributed by atoms with Crippen LogP contribution in [0.25, 0.3) is 0 Å². The van der Waals surface area contributed by atoms with Gasteiger partial charge in [-0.1, -0.05) is 0 Å². The van der Waals surface area contributed by atoms with Crippen LogP contribution >= 0.6 is 0 Å². The molecule has 0 bridgehead atoms. The standard InChI is InChI=1S/C11H20F3N3O/c1-7(17(3)8-4-5-8)6-16-9(18)10(2,15)11(12,13)14/h7-8H,4-6,15H2,1-3H3,(H,16,18). The Kier molecular flexibility index (Phi) is 4.27. The van der Waals surface area contributed by atoms with Gasteiger partial charge in [0.25, 0.3) is 0 Å². The van der Waals surface area contributed by atoms with Crippen LogP contribution in [0.3, 0.4) is 0 Å². The minimum absolute atomic E-state index is 0.00881. The van der Waals surface area contributed by atoms with Crippen molar-refractivity contribution < 1.29 is 18.0 Å². The van der Waals surface area contributed by atoms with Crippen molar-refractivity contribution in [3.8, 4) is 0 Å². The second kappa shape index (κ2) is 5.05. The number of likely N-dealkylation sites (N-methyl/N-ethyl adjacent to an activating group) is 1. The van der Waals surface area contributed by atoms with Crippen molar-refractivity contribution >= 4 is 5.91 Å². The predicted octanol–water partition coefficient (Wildman–Crippen LogP) is 0.865. The van der Waals surface area contributed by atoms with Crippen molar-refractivity contribution in [1.82, 2.24) is 10.2 Å². The molecule has 0 aliphatic heterocycles. The van der Waals surface area contributed by atoms with Gasteiger partial charge >= 0.3 is 6.18 Å². The number of rotatable bonds is 5. The molecular formula is C11H20F3N3O. The fraction of sp³-hybridized carbons (Fsp3) is 0.909. The molecule has 1 aliphatic carbocycles. The first-order valence-corrected chi connectivity index (χ1v) is 5.93. The molecule has 1 amide bonds. The van der Waals surface area contributed by atoms with Gasteiger partial charge in [-0.2, -0.15) is 13.2 Å². The molecule has 0 radical (unpaired) electrons. The van der Waals surface area contributed by atoms with E-state index < -0.39 is 17.6 Å². The van der Waals surface area contributed by atoms with E-state index in [4.69, 9.17) is 5.73 Å². The SMILES string of the molecule is CC(CNC(=O)C(C)(N)C(F)(F)F)N(C)C1CC1. The van der Waals surface area contributed by atoms with E-state index in [-0.39, 0.29) is 12.6 Å². The Labute approximate surface area is 105 Å². The Morgan fingerprint density at radius 1 is 1.50 bits per heavy atom. The monoisotopic (exact) mass is 267 g/mol. The summed E-state index contributed by atoms with van der Waals surface area (Å²) in [6.45, 7) is 2.70. The topological polar surface area (TPSA) is 58.4 Å². The van der Waals surface area contributed by atoms with Crippen molar-refractivity contribution in [2.75, 3.05) is 13.6 Å². The molecular weight excluding hydrogens is 247 g/mol. The lowest BCUT2D eigenvalue weighted by molar-refractivity contribution is -0.187. The maximum atomic E-state index is 12.5. The smallest absolute Gasteiger partial charge is 0.353 e. The molecule has 0 saturated heterocycles. The van der Waals surface area contributed by atoms with E-state index in [0.717, 1.165) is 12.8 Å². The molecule has 1 aliphatic rings. The number of nitrogens with two attached hydrogens (primary N) is 1. The molecule has 0 heterocycles. The lowest BCUT2D eigenvalue weighted by Gasteiger charge is -2.29. The van der Waals surface area contributed by atoms with E-state index in [0.29, 0.717) is 13.0 Å². The Hall–Kier alpha value is -0.820. The predicted molar refractivity (Wildman–Crippen MR) is 61.9 cm³/mol. The van der Waals surface area contributed by atoms with Gasteiger partial charge in [0.05, 0.1) is 0 Å². The summed E-state index contributed by atoms with van der Waals surface area (Å²) in [5, 5.41) is 2.27. The second-order valence-electron chi connectivity index (χ2n) is 5.16. The summed E-state index contributed by atoms with van der Waals surface area (Å²) in [4.78, 5) is 13.5. The molecule has 106 valence electrons. The summed E-state index contributed by atoms with van der Waals surface area (Å²) in [5.74, 6) is -1.19. The highest BCUT2D eigenvalue weighted by Crippen LogP contribution is 2.28. The lowest BCUT2D eigenvalue weighted by Crippen LogP contribution is -2.62. The highest BCUT2D eigenvalue weighted by Gasteiger charge is 2.53. The van der Waals surface area contributed by atoms with Crippen molar-refractivity contribution in [2.45, 2.75) is 50.5 Å². The van der Waals surface area contributed by atoms with Gasteiger partial charge in [0.2, 0.25) is 5.91 Å². The van der Waals surface area contributed by atoms with Crippen LogP contribution in [0.2, 0.25) is 0 Å². The number of alkyl halides is 3. The zero-order valence-corrected chi connectivity index (χ0v) is 10.8. The molecule has 0 spiro atoms. The van der Waals surface area contributed by atoms with Crippen LogP contribution in [0.15, 0.2) is 0 Å². The molecule has 18 heavy (non-hydrogen) atoms. The Bertz CT molecular complexity index is 313. The molecule has 0 aromatic heterocycles. The summed E-state index contributed by atoms with van der Waals surface area (Å²) in [6.07, 6.45) is -2.54. The third-order valence-electron chi connectivity index (χ3n) is 3.44. The van der Waals surface area contributed by atoms with Gasteiger partial charge in [0, 0.05) is 18.6 Å². The summed E-state index contributed by atoms with van der Waals surface area (Å²) in [7, 11) is 1.90. The number of amides is 1. The lowest BCUT2D eigenvalue weighted by atomic mass is 10.0. The maximum Gasteiger partial charge on any atom is 0.415 e. The van der Waals surface area contributed by atoms with E-state index in [1.54, 1.807) is 0 Å². The van der Waals surface area contributed by atoms with Crippen LogP contribution in [-0.4, -0.2) is 48.2 Å². The largest absolute Gasteiger partial charge is 0.415 e. The van der Waals surface area contributed by atoms with Crippen LogP contribution in [0.1, 0.15) is 26.7 Å². The Morgan fingerprint density at radius 3 is 2.39 bits per heavy atom. The van der Waals surface area contributed by atoms with Gasteiger partial charge in [0.15, 0.2) is 5.54 Å². The van der Waals surface area contributed by atoms with Crippen molar-refractivity contribution in [2.24, 2.45) is 5.73 Å². The Balaban J connectivity index is 2.45. The summed E-state index contributed by atoms with van der Waals surface area (Å²) < 4.78 is 37.5. The van der Waals surface area contributed by atoms with E-state index >= 15 is 0 Å². The van der Waals surface area contributed by atoms with Gasteiger partial charge < -0.3 is 11.1 Å². The first-order chi connectivity index (χ1) is 8.07. The van der Waals surface area contributed by atoms with E-state index in [1.807, 2.05) is 14.0 Å². The molecule has 2 unspecified atom stereocenters. The molecule has 2 atom stereocenters. The maximum absolute atomic E-state index is 12.5. The van der Waals surface area contributed by atoms with Gasteiger partial charge in [0.1, 0.15) is 0 Å². The first-order valence-electron chi connectivity index (χ1n) is 5.93.